The molecule has 0 aliphatic carbocycles. The van der Waals surface area contributed by atoms with Crippen molar-refractivity contribution in [1.29, 1.82) is 0 Å². The SMILES string of the molecule is CC(C)C(NC(=O)c1ccc(Cl)c(Cl)c1)C(=O)NN=Cc1cc(Br)c(O)c(Br)c1. The van der Waals surface area contributed by atoms with E-state index in [2.05, 4.69) is 47.7 Å². The van der Waals surface area contributed by atoms with Crippen molar-refractivity contribution in [2.45, 2.75) is 19.9 Å². The Labute approximate surface area is 194 Å². The van der Waals surface area contributed by atoms with E-state index in [0.717, 1.165) is 0 Å². The maximum atomic E-state index is 12.5. The molecule has 2 amide bonds. The third kappa shape index (κ3) is 6.44. The molecule has 0 saturated carbocycles. The van der Waals surface area contributed by atoms with Gasteiger partial charge in [-0.05, 0) is 73.7 Å². The van der Waals surface area contributed by atoms with Crippen LogP contribution in [0.5, 0.6) is 5.75 Å². The molecule has 0 spiro atoms. The Morgan fingerprint density at radius 2 is 1.72 bits per heavy atom. The van der Waals surface area contributed by atoms with E-state index in [0.29, 0.717) is 25.1 Å². The zero-order valence-corrected chi connectivity index (χ0v) is 20.0. The van der Waals surface area contributed by atoms with E-state index < -0.39 is 17.9 Å². The molecule has 0 bridgehead atoms. The molecular formula is C19H17Br2Cl2N3O3. The Morgan fingerprint density at radius 3 is 2.28 bits per heavy atom. The summed E-state index contributed by atoms with van der Waals surface area (Å²) in [6.07, 6.45) is 1.42. The van der Waals surface area contributed by atoms with Crippen LogP contribution in [-0.4, -0.2) is 29.2 Å². The maximum absolute atomic E-state index is 12.5. The number of hydrazone groups is 1. The second-order valence-electron chi connectivity index (χ2n) is 6.39. The predicted octanol–water partition coefficient (Wildman–Crippen LogP) is 5.13. The molecule has 2 rings (SSSR count). The fourth-order valence-electron chi connectivity index (χ4n) is 2.30. The standard InChI is InChI=1S/C19H17Br2Cl2N3O3/c1-9(2)16(25-18(28)11-3-4-14(22)15(23)7-11)19(29)26-24-8-10-5-12(20)17(27)13(21)6-10/h3-9,16,27H,1-2H3,(H,25,28)(H,26,29). The Bertz CT molecular complexity index is 945. The van der Waals surface area contributed by atoms with Crippen molar-refractivity contribution in [2.75, 3.05) is 0 Å². The minimum atomic E-state index is -0.813. The Morgan fingerprint density at radius 1 is 1.10 bits per heavy atom. The van der Waals surface area contributed by atoms with Gasteiger partial charge in [0, 0.05) is 5.56 Å². The molecule has 1 atom stereocenters. The molecule has 10 heteroatoms. The average Bonchev–Trinajstić information content (AvgIpc) is 2.65. The summed E-state index contributed by atoms with van der Waals surface area (Å²) in [5.74, 6) is -1.04. The number of phenolic OH excluding ortho intramolecular Hbond substituents is 1. The van der Waals surface area contributed by atoms with Crippen molar-refractivity contribution in [2.24, 2.45) is 11.0 Å². The summed E-state index contributed by atoms with van der Waals surface area (Å²) in [5, 5.41) is 16.9. The lowest BCUT2D eigenvalue weighted by Crippen LogP contribution is -2.48. The highest BCUT2D eigenvalue weighted by Crippen LogP contribution is 2.32. The van der Waals surface area contributed by atoms with Crippen LogP contribution in [0.25, 0.3) is 0 Å². The number of amides is 2. The van der Waals surface area contributed by atoms with Gasteiger partial charge in [-0.3, -0.25) is 9.59 Å². The smallest absolute Gasteiger partial charge is 0.262 e. The van der Waals surface area contributed by atoms with Gasteiger partial charge in [0.15, 0.2) is 0 Å². The minimum absolute atomic E-state index is 0.0658. The molecule has 0 heterocycles. The number of nitrogens with zero attached hydrogens (tertiary/aromatic N) is 1. The van der Waals surface area contributed by atoms with Crippen LogP contribution in [-0.2, 0) is 4.79 Å². The van der Waals surface area contributed by atoms with Crippen molar-refractivity contribution in [1.82, 2.24) is 10.7 Å². The topological polar surface area (TPSA) is 90.8 Å². The number of halogens is 4. The fraction of sp³-hybridized carbons (Fsp3) is 0.211. The first-order valence-corrected chi connectivity index (χ1v) is 10.7. The molecule has 2 aromatic rings. The van der Waals surface area contributed by atoms with Gasteiger partial charge in [0.25, 0.3) is 11.8 Å². The second kappa shape index (κ2) is 10.4. The van der Waals surface area contributed by atoms with E-state index >= 15 is 0 Å². The van der Waals surface area contributed by atoms with Crippen LogP contribution in [0, 0.1) is 5.92 Å². The number of carbonyl (C=O) groups excluding carboxylic acids is 2. The second-order valence-corrected chi connectivity index (χ2v) is 8.91. The summed E-state index contributed by atoms with van der Waals surface area (Å²) in [4.78, 5) is 25.0. The third-order valence-corrected chi connectivity index (χ3v) is 5.79. The summed E-state index contributed by atoms with van der Waals surface area (Å²) < 4.78 is 0.960. The van der Waals surface area contributed by atoms with E-state index in [9.17, 15) is 14.7 Å². The van der Waals surface area contributed by atoms with Crippen molar-refractivity contribution in [3.63, 3.8) is 0 Å². The highest BCUT2D eigenvalue weighted by Gasteiger charge is 2.24. The van der Waals surface area contributed by atoms with Crippen LogP contribution < -0.4 is 10.7 Å². The van der Waals surface area contributed by atoms with Crippen LogP contribution in [0.15, 0.2) is 44.4 Å². The lowest BCUT2D eigenvalue weighted by molar-refractivity contribution is -0.123. The summed E-state index contributed by atoms with van der Waals surface area (Å²) in [6, 6.07) is 6.95. The molecule has 6 nitrogen and oxygen atoms in total. The van der Waals surface area contributed by atoms with Crippen molar-refractivity contribution in [3.05, 3.63) is 60.4 Å². The van der Waals surface area contributed by atoms with Crippen molar-refractivity contribution >= 4 is 73.1 Å². The highest BCUT2D eigenvalue weighted by molar-refractivity contribution is 9.11. The molecule has 0 radical (unpaired) electrons. The van der Waals surface area contributed by atoms with Gasteiger partial charge < -0.3 is 10.4 Å². The van der Waals surface area contributed by atoms with Crippen molar-refractivity contribution in [3.8, 4) is 5.75 Å². The van der Waals surface area contributed by atoms with Crippen LogP contribution in [0.3, 0.4) is 0 Å². The number of nitrogens with one attached hydrogen (secondary N) is 2. The van der Waals surface area contributed by atoms with E-state index in [4.69, 9.17) is 23.2 Å². The molecule has 0 aliphatic rings. The lowest BCUT2D eigenvalue weighted by Gasteiger charge is -2.20. The van der Waals surface area contributed by atoms with Crippen LogP contribution >= 0.6 is 55.1 Å². The van der Waals surface area contributed by atoms with Gasteiger partial charge in [-0.2, -0.15) is 5.10 Å². The molecule has 29 heavy (non-hydrogen) atoms. The zero-order chi connectivity index (χ0) is 21.7. The first-order chi connectivity index (χ1) is 13.6. The Kier molecular flexibility index (Phi) is 8.51. The molecule has 3 N–H and O–H groups in total. The molecule has 0 fully saturated rings. The fourth-order valence-corrected chi connectivity index (χ4v) is 3.82. The van der Waals surface area contributed by atoms with Crippen LogP contribution in [0.4, 0.5) is 0 Å². The monoisotopic (exact) mass is 563 g/mol. The van der Waals surface area contributed by atoms with Gasteiger partial charge in [-0.1, -0.05) is 37.0 Å². The number of hydrogen-bond acceptors (Lipinski definition) is 4. The first kappa shape index (κ1) is 23.7. The minimum Gasteiger partial charge on any atom is -0.506 e. The molecule has 0 saturated heterocycles. The average molecular weight is 566 g/mol. The van der Waals surface area contributed by atoms with E-state index in [1.54, 1.807) is 26.0 Å². The summed E-state index contributed by atoms with van der Waals surface area (Å²) in [6.45, 7) is 3.61. The quantitative estimate of drug-likeness (QED) is 0.335. The first-order valence-electron chi connectivity index (χ1n) is 8.37. The zero-order valence-electron chi connectivity index (χ0n) is 15.3. The predicted molar refractivity (Wildman–Crippen MR) is 122 cm³/mol. The van der Waals surface area contributed by atoms with Gasteiger partial charge in [0.1, 0.15) is 11.8 Å². The number of aromatic hydroxyl groups is 1. The number of carbonyl (C=O) groups is 2. The summed E-state index contributed by atoms with van der Waals surface area (Å²) in [5.41, 5.74) is 3.35. The molecule has 2 aromatic carbocycles. The maximum Gasteiger partial charge on any atom is 0.262 e. The van der Waals surface area contributed by atoms with Gasteiger partial charge in [0.2, 0.25) is 0 Å². The van der Waals surface area contributed by atoms with Crippen LogP contribution in [0.1, 0.15) is 29.8 Å². The third-order valence-electron chi connectivity index (χ3n) is 3.85. The molecule has 154 valence electrons. The van der Waals surface area contributed by atoms with Gasteiger partial charge >= 0.3 is 0 Å². The van der Waals surface area contributed by atoms with Crippen LogP contribution in [0.2, 0.25) is 10.0 Å². The molecular weight excluding hydrogens is 549 g/mol. The number of phenols is 1. The van der Waals surface area contributed by atoms with Crippen molar-refractivity contribution < 1.29 is 14.7 Å². The van der Waals surface area contributed by atoms with Gasteiger partial charge in [0.05, 0.1) is 25.2 Å². The van der Waals surface area contributed by atoms with E-state index in [-0.39, 0.29) is 16.7 Å². The summed E-state index contributed by atoms with van der Waals surface area (Å²) in [7, 11) is 0. The normalized spacial score (nSPS) is 12.2. The molecule has 1 unspecified atom stereocenters. The highest BCUT2D eigenvalue weighted by atomic mass is 79.9. The molecule has 0 aliphatic heterocycles. The largest absolute Gasteiger partial charge is 0.506 e. The lowest BCUT2D eigenvalue weighted by atomic mass is 10.0. The Balaban J connectivity index is 2.07. The summed E-state index contributed by atoms with van der Waals surface area (Å²) >= 11 is 18.3. The molecule has 0 aromatic heterocycles. The Hall–Kier alpha value is -1.61. The van der Waals surface area contributed by atoms with E-state index in [1.807, 2.05) is 0 Å². The number of rotatable bonds is 6. The number of benzene rings is 2. The van der Waals surface area contributed by atoms with Gasteiger partial charge in [-0.25, -0.2) is 5.43 Å². The van der Waals surface area contributed by atoms with Gasteiger partial charge in [-0.15, -0.1) is 0 Å². The van der Waals surface area contributed by atoms with E-state index in [1.165, 1.54) is 24.4 Å². The number of hydrogen-bond donors (Lipinski definition) is 3.